The lowest BCUT2D eigenvalue weighted by Gasteiger charge is -2.08. The molecule has 7 nitrogen and oxygen atoms in total. The SMILES string of the molecule is COc1ccc(-c2nc(CC(=O)Nc3ccc4c(c3)OC(F)(F)O4)cs2)cc1OC. The van der Waals surface area contributed by atoms with Crippen LogP contribution in [-0.2, 0) is 11.2 Å². The summed E-state index contributed by atoms with van der Waals surface area (Å²) in [5.41, 5.74) is 1.73. The molecule has 2 heterocycles. The molecule has 1 N–H and O–H groups in total. The number of thiazole rings is 1. The van der Waals surface area contributed by atoms with E-state index in [1.165, 1.54) is 29.5 Å². The summed E-state index contributed by atoms with van der Waals surface area (Å²) in [6.07, 6.45) is -3.68. The molecule has 1 aromatic heterocycles. The van der Waals surface area contributed by atoms with Crippen LogP contribution in [0.3, 0.4) is 0 Å². The third kappa shape index (κ3) is 4.13. The summed E-state index contributed by atoms with van der Waals surface area (Å²) >= 11 is 1.39. The highest BCUT2D eigenvalue weighted by atomic mass is 32.1. The fraction of sp³-hybridized carbons (Fsp3) is 0.200. The molecular weight excluding hydrogens is 418 g/mol. The van der Waals surface area contributed by atoms with Gasteiger partial charge in [0, 0.05) is 22.7 Å². The van der Waals surface area contributed by atoms with Gasteiger partial charge in [-0.05, 0) is 30.3 Å². The molecule has 156 valence electrons. The van der Waals surface area contributed by atoms with Crippen molar-refractivity contribution in [1.82, 2.24) is 4.98 Å². The van der Waals surface area contributed by atoms with Crippen molar-refractivity contribution in [3.8, 4) is 33.6 Å². The molecule has 30 heavy (non-hydrogen) atoms. The molecule has 10 heteroatoms. The van der Waals surface area contributed by atoms with E-state index >= 15 is 0 Å². The molecule has 3 aromatic rings. The topological polar surface area (TPSA) is 78.9 Å². The number of amides is 1. The zero-order valence-corrected chi connectivity index (χ0v) is 16.7. The molecule has 4 rings (SSSR count). The smallest absolute Gasteiger partial charge is 0.493 e. The Hall–Kier alpha value is -3.40. The Balaban J connectivity index is 1.43. The summed E-state index contributed by atoms with van der Waals surface area (Å²) in [4.78, 5) is 16.8. The number of alkyl halides is 2. The van der Waals surface area contributed by atoms with Gasteiger partial charge < -0.3 is 24.3 Å². The number of aromatic nitrogens is 1. The van der Waals surface area contributed by atoms with E-state index in [1.807, 2.05) is 12.1 Å². The average molecular weight is 434 g/mol. The van der Waals surface area contributed by atoms with Gasteiger partial charge >= 0.3 is 6.29 Å². The Kier molecular flexibility index (Phi) is 5.17. The highest BCUT2D eigenvalue weighted by molar-refractivity contribution is 7.13. The van der Waals surface area contributed by atoms with E-state index in [4.69, 9.17) is 9.47 Å². The van der Waals surface area contributed by atoms with Gasteiger partial charge in [0.2, 0.25) is 5.91 Å². The number of carbonyl (C=O) groups is 1. The van der Waals surface area contributed by atoms with Crippen LogP contribution in [0.5, 0.6) is 23.0 Å². The van der Waals surface area contributed by atoms with E-state index in [0.29, 0.717) is 22.9 Å². The predicted octanol–water partition coefficient (Wildman–Crippen LogP) is 4.33. The number of methoxy groups -OCH3 is 2. The average Bonchev–Trinajstić information content (AvgIpc) is 3.29. The fourth-order valence-corrected chi connectivity index (χ4v) is 3.70. The van der Waals surface area contributed by atoms with Gasteiger partial charge in [0.1, 0.15) is 5.01 Å². The van der Waals surface area contributed by atoms with Gasteiger partial charge in [-0.2, -0.15) is 0 Å². The van der Waals surface area contributed by atoms with Crippen molar-refractivity contribution >= 4 is 22.9 Å². The van der Waals surface area contributed by atoms with Gasteiger partial charge in [-0.3, -0.25) is 4.79 Å². The summed E-state index contributed by atoms with van der Waals surface area (Å²) in [5, 5.41) is 5.15. The number of benzene rings is 2. The van der Waals surface area contributed by atoms with Crippen molar-refractivity contribution in [2.75, 3.05) is 19.5 Å². The predicted molar refractivity (Wildman–Crippen MR) is 106 cm³/mol. The lowest BCUT2D eigenvalue weighted by atomic mass is 10.2. The van der Waals surface area contributed by atoms with E-state index in [9.17, 15) is 13.6 Å². The van der Waals surface area contributed by atoms with Crippen molar-refractivity contribution in [2.24, 2.45) is 0 Å². The number of hydrogen-bond acceptors (Lipinski definition) is 7. The first-order chi connectivity index (χ1) is 14.4. The second-order valence-corrected chi connectivity index (χ2v) is 7.13. The number of halogens is 2. The second kappa shape index (κ2) is 7.79. The summed E-state index contributed by atoms with van der Waals surface area (Å²) < 4.78 is 45.4. The molecule has 0 bridgehead atoms. The third-order valence-corrected chi connectivity index (χ3v) is 5.15. The van der Waals surface area contributed by atoms with Gasteiger partial charge in [0.15, 0.2) is 23.0 Å². The van der Waals surface area contributed by atoms with Gasteiger partial charge in [-0.15, -0.1) is 20.1 Å². The zero-order chi connectivity index (χ0) is 21.3. The number of anilines is 1. The summed E-state index contributed by atoms with van der Waals surface area (Å²) in [5.74, 6) is 0.626. The number of ether oxygens (including phenoxy) is 4. The molecule has 0 atom stereocenters. The van der Waals surface area contributed by atoms with E-state index in [2.05, 4.69) is 19.8 Å². The highest BCUT2D eigenvalue weighted by Gasteiger charge is 2.43. The first-order valence-electron chi connectivity index (χ1n) is 8.73. The number of rotatable bonds is 6. The van der Waals surface area contributed by atoms with Crippen LogP contribution in [0.2, 0.25) is 0 Å². The molecule has 1 aliphatic heterocycles. The summed E-state index contributed by atoms with van der Waals surface area (Å²) in [7, 11) is 3.11. The minimum atomic E-state index is -3.70. The minimum absolute atomic E-state index is 0.0222. The Morgan fingerprint density at radius 2 is 1.87 bits per heavy atom. The van der Waals surface area contributed by atoms with Crippen LogP contribution in [0.15, 0.2) is 41.8 Å². The Bertz CT molecular complexity index is 1100. The van der Waals surface area contributed by atoms with Crippen LogP contribution in [0.4, 0.5) is 14.5 Å². The first-order valence-corrected chi connectivity index (χ1v) is 9.61. The van der Waals surface area contributed by atoms with Gasteiger partial charge in [0.25, 0.3) is 0 Å². The summed E-state index contributed by atoms with van der Waals surface area (Å²) in [6, 6.07) is 9.49. The normalized spacial score (nSPS) is 13.7. The molecule has 0 unspecified atom stereocenters. The largest absolute Gasteiger partial charge is 0.586 e. The molecule has 0 saturated carbocycles. The van der Waals surface area contributed by atoms with Crippen molar-refractivity contribution in [3.63, 3.8) is 0 Å². The Morgan fingerprint density at radius 3 is 2.63 bits per heavy atom. The molecule has 0 fully saturated rings. The lowest BCUT2D eigenvalue weighted by molar-refractivity contribution is -0.286. The second-order valence-electron chi connectivity index (χ2n) is 6.27. The van der Waals surface area contributed by atoms with E-state index in [-0.39, 0.29) is 23.8 Å². The van der Waals surface area contributed by atoms with Crippen LogP contribution in [0, 0.1) is 0 Å². The third-order valence-electron chi connectivity index (χ3n) is 4.21. The van der Waals surface area contributed by atoms with E-state index in [1.54, 1.807) is 25.7 Å². The van der Waals surface area contributed by atoms with Crippen LogP contribution >= 0.6 is 11.3 Å². The van der Waals surface area contributed by atoms with Gasteiger partial charge in [-0.25, -0.2) is 4.98 Å². The number of nitrogens with one attached hydrogen (secondary N) is 1. The molecular formula is C20H16F2N2O5S. The van der Waals surface area contributed by atoms with E-state index in [0.717, 1.165) is 10.6 Å². The summed E-state index contributed by atoms with van der Waals surface area (Å²) in [6.45, 7) is 0. The number of carbonyl (C=O) groups excluding carboxylic acids is 1. The highest BCUT2D eigenvalue weighted by Crippen LogP contribution is 2.42. The van der Waals surface area contributed by atoms with Gasteiger partial charge in [0.05, 0.1) is 26.3 Å². The molecule has 0 spiro atoms. The molecule has 0 radical (unpaired) electrons. The maximum Gasteiger partial charge on any atom is 0.586 e. The Morgan fingerprint density at radius 1 is 1.10 bits per heavy atom. The molecule has 1 aliphatic rings. The maximum absolute atomic E-state index is 13.1. The van der Waals surface area contributed by atoms with Crippen LogP contribution in [0.1, 0.15) is 5.69 Å². The minimum Gasteiger partial charge on any atom is -0.493 e. The lowest BCUT2D eigenvalue weighted by Crippen LogP contribution is -2.25. The van der Waals surface area contributed by atoms with E-state index < -0.39 is 6.29 Å². The first kappa shape index (κ1) is 19.9. The van der Waals surface area contributed by atoms with Crippen molar-refractivity contribution in [3.05, 3.63) is 47.5 Å². The van der Waals surface area contributed by atoms with Crippen LogP contribution in [-0.4, -0.2) is 31.4 Å². The molecule has 0 saturated heterocycles. The van der Waals surface area contributed by atoms with Crippen LogP contribution < -0.4 is 24.3 Å². The fourth-order valence-electron chi connectivity index (χ4n) is 2.89. The number of hydrogen-bond donors (Lipinski definition) is 1. The maximum atomic E-state index is 13.1. The van der Waals surface area contributed by atoms with Crippen LogP contribution in [0.25, 0.3) is 10.6 Å². The standard InChI is InChI=1S/C20H16F2N2O5S/c1-26-14-5-3-11(7-16(14)27-2)19-24-13(10-30-19)9-18(25)23-12-4-6-15-17(8-12)29-20(21,22)28-15/h3-8,10H,9H2,1-2H3,(H,23,25). The zero-order valence-electron chi connectivity index (χ0n) is 15.9. The van der Waals surface area contributed by atoms with Crippen molar-refractivity contribution in [2.45, 2.75) is 12.7 Å². The Labute approximate surface area is 174 Å². The van der Waals surface area contributed by atoms with Gasteiger partial charge in [-0.1, -0.05) is 0 Å². The molecule has 1 amide bonds. The monoisotopic (exact) mass is 434 g/mol. The van der Waals surface area contributed by atoms with Crippen molar-refractivity contribution in [1.29, 1.82) is 0 Å². The number of nitrogens with zero attached hydrogens (tertiary/aromatic N) is 1. The molecule has 0 aliphatic carbocycles. The van der Waals surface area contributed by atoms with Crippen molar-refractivity contribution < 1.29 is 32.5 Å². The number of fused-ring (bicyclic) bond motifs is 1. The quantitative estimate of drug-likeness (QED) is 0.622. The molecule has 2 aromatic carbocycles.